The Labute approximate surface area is 226 Å². The molecule has 0 spiro atoms. The first-order valence-electron chi connectivity index (χ1n) is 13.6. The van der Waals surface area contributed by atoms with Gasteiger partial charge in [0.2, 0.25) is 5.95 Å². The van der Waals surface area contributed by atoms with Crippen molar-refractivity contribution in [2.24, 2.45) is 0 Å². The van der Waals surface area contributed by atoms with E-state index in [9.17, 15) is 0 Å². The van der Waals surface area contributed by atoms with Crippen LogP contribution < -0.4 is 4.90 Å². The van der Waals surface area contributed by atoms with E-state index in [0.29, 0.717) is 17.5 Å². The summed E-state index contributed by atoms with van der Waals surface area (Å²) >= 11 is 6.55. The second-order valence-corrected chi connectivity index (χ2v) is 10.7. The summed E-state index contributed by atoms with van der Waals surface area (Å²) in [6.45, 7) is 5.96. The highest BCUT2D eigenvalue weighted by molar-refractivity contribution is 6.35. The maximum absolute atomic E-state index is 6.55. The molecule has 0 atom stereocenters. The third-order valence-corrected chi connectivity index (χ3v) is 8.34. The summed E-state index contributed by atoms with van der Waals surface area (Å²) in [5.74, 6) is 1.43. The monoisotopic (exact) mass is 523 g/mol. The molecular formula is C30H30ClN7. The summed E-state index contributed by atoms with van der Waals surface area (Å²) in [5, 5.41) is 14.4. The molecule has 192 valence electrons. The van der Waals surface area contributed by atoms with Gasteiger partial charge in [-0.25, -0.2) is 14.6 Å². The molecule has 2 aliphatic rings. The highest BCUT2D eigenvalue weighted by Crippen LogP contribution is 2.41. The summed E-state index contributed by atoms with van der Waals surface area (Å²) in [5.41, 5.74) is 10.4. The van der Waals surface area contributed by atoms with Crippen molar-refractivity contribution in [2.45, 2.75) is 58.4 Å². The van der Waals surface area contributed by atoms with Gasteiger partial charge in [-0.3, -0.25) is 5.10 Å². The van der Waals surface area contributed by atoms with Crippen LogP contribution in [0.3, 0.4) is 0 Å². The predicted octanol–water partition coefficient (Wildman–Crippen LogP) is 6.42. The van der Waals surface area contributed by atoms with Crippen molar-refractivity contribution in [1.29, 1.82) is 0 Å². The van der Waals surface area contributed by atoms with Crippen molar-refractivity contribution in [2.75, 3.05) is 11.4 Å². The number of halogens is 1. The van der Waals surface area contributed by atoms with Crippen LogP contribution in [0.25, 0.3) is 27.8 Å². The Kier molecular flexibility index (Phi) is 5.69. The number of aromatic amines is 1. The first-order valence-corrected chi connectivity index (χ1v) is 13.9. The average Bonchev–Trinajstić information content (AvgIpc) is 3.57. The van der Waals surface area contributed by atoms with E-state index in [1.165, 1.54) is 40.8 Å². The zero-order valence-corrected chi connectivity index (χ0v) is 22.5. The fourth-order valence-corrected chi connectivity index (χ4v) is 6.01. The van der Waals surface area contributed by atoms with Gasteiger partial charge in [-0.2, -0.15) is 10.2 Å². The molecule has 0 radical (unpaired) electrons. The lowest BCUT2D eigenvalue weighted by Gasteiger charge is -2.27. The van der Waals surface area contributed by atoms with Crippen LogP contribution in [-0.4, -0.2) is 36.5 Å². The molecule has 0 amide bonds. The van der Waals surface area contributed by atoms with Crippen molar-refractivity contribution in [3.8, 4) is 16.9 Å². The number of para-hydroxylation sites is 1. The first kappa shape index (κ1) is 23.4. The number of aryl methyl sites for hydroxylation is 2. The normalized spacial score (nSPS) is 15.3. The maximum atomic E-state index is 6.55. The molecule has 7 rings (SSSR count). The van der Waals surface area contributed by atoms with Crippen LogP contribution in [0.1, 0.15) is 60.6 Å². The minimum atomic E-state index is 0.649. The van der Waals surface area contributed by atoms with E-state index < -0.39 is 0 Å². The van der Waals surface area contributed by atoms with Gasteiger partial charge in [-0.15, -0.1) is 0 Å². The number of aromatic nitrogens is 6. The molecule has 1 fully saturated rings. The quantitative estimate of drug-likeness (QED) is 0.278. The number of nitrogens with zero attached hydrogens (tertiary/aromatic N) is 6. The molecule has 1 aliphatic carbocycles. The first-order chi connectivity index (χ1) is 18.7. The van der Waals surface area contributed by atoms with Gasteiger partial charge in [0.05, 0.1) is 33.8 Å². The number of rotatable bonds is 6. The Balaban J connectivity index is 1.42. The zero-order valence-electron chi connectivity index (χ0n) is 21.7. The van der Waals surface area contributed by atoms with Crippen LogP contribution in [0.15, 0.2) is 48.9 Å². The number of benzene rings is 2. The second-order valence-electron chi connectivity index (χ2n) is 10.3. The average molecular weight is 524 g/mol. The molecule has 4 heterocycles. The van der Waals surface area contributed by atoms with E-state index in [2.05, 4.69) is 57.9 Å². The Morgan fingerprint density at radius 1 is 1.00 bits per heavy atom. The van der Waals surface area contributed by atoms with Crippen LogP contribution in [0.4, 0.5) is 5.95 Å². The SMILES string of the molecule is CCc1cccc(CC)c1-n1nc2c(c1-c1ccc(Cl)c3[nH]ncc13)CN(c1ncc(C3CC3)cn1)CC2. The molecule has 2 aromatic carbocycles. The molecule has 1 aliphatic heterocycles. The molecule has 1 saturated carbocycles. The fraction of sp³-hybridized carbons (Fsp3) is 0.333. The summed E-state index contributed by atoms with van der Waals surface area (Å²) in [4.78, 5) is 11.8. The molecule has 0 unspecified atom stereocenters. The van der Waals surface area contributed by atoms with Crippen molar-refractivity contribution in [1.82, 2.24) is 29.9 Å². The molecule has 0 bridgehead atoms. The molecule has 3 aromatic heterocycles. The smallest absolute Gasteiger partial charge is 0.225 e. The van der Waals surface area contributed by atoms with Crippen LogP contribution >= 0.6 is 11.6 Å². The molecule has 1 N–H and O–H groups in total. The summed E-state index contributed by atoms with van der Waals surface area (Å²) in [6.07, 6.45) is 11.1. The fourth-order valence-electron chi connectivity index (χ4n) is 5.80. The Bertz CT molecular complexity index is 1620. The van der Waals surface area contributed by atoms with Gasteiger partial charge < -0.3 is 4.90 Å². The van der Waals surface area contributed by atoms with Crippen LogP contribution in [0.5, 0.6) is 0 Å². The highest BCUT2D eigenvalue weighted by Gasteiger charge is 2.30. The highest BCUT2D eigenvalue weighted by atomic mass is 35.5. The standard InChI is InChI=1S/C30H30ClN7/c1-3-18-6-5-7-19(4-2)28(18)38-29(22-10-11-25(31)27-23(22)16-34-35-27)24-17-37(13-12-26(24)36-38)30-32-14-21(15-33-30)20-8-9-20/h5-7,10-11,14-16,20H,3-4,8-9,12-13,17H2,1-2H3,(H,34,35). The van der Waals surface area contributed by atoms with Crippen molar-refractivity contribution < 1.29 is 0 Å². The Hall–Kier alpha value is -3.71. The third kappa shape index (κ3) is 3.79. The molecule has 7 nitrogen and oxygen atoms in total. The van der Waals surface area contributed by atoms with Gasteiger partial charge in [-0.1, -0.05) is 49.7 Å². The van der Waals surface area contributed by atoms with E-state index in [-0.39, 0.29) is 0 Å². The molecule has 5 aromatic rings. The minimum absolute atomic E-state index is 0.649. The lowest BCUT2D eigenvalue weighted by molar-refractivity contribution is 0.693. The van der Waals surface area contributed by atoms with Crippen molar-refractivity contribution in [3.63, 3.8) is 0 Å². The van der Waals surface area contributed by atoms with Crippen LogP contribution in [0.2, 0.25) is 5.02 Å². The summed E-state index contributed by atoms with van der Waals surface area (Å²) < 4.78 is 2.19. The largest absolute Gasteiger partial charge is 0.336 e. The van der Waals surface area contributed by atoms with Gasteiger partial charge in [-0.05, 0) is 54.4 Å². The van der Waals surface area contributed by atoms with E-state index in [4.69, 9.17) is 26.7 Å². The molecule has 8 heteroatoms. The van der Waals surface area contributed by atoms with Gasteiger partial charge in [0.1, 0.15) is 0 Å². The maximum Gasteiger partial charge on any atom is 0.225 e. The Morgan fingerprint density at radius 3 is 2.47 bits per heavy atom. The predicted molar refractivity (Wildman–Crippen MR) is 151 cm³/mol. The van der Waals surface area contributed by atoms with Crippen molar-refractivity contribution >= 4 is 28.5 Å². The van der Waals surface area contributed by atoms with E-state index >= 15 is 0 Å². The van der Waals surface area contributed by atoms with E-state index in [1.807, 2.05) is 24.7 Å². The topological polar surface area (TPSA) is 75.5 Å². The number of fused-ring (bicyclic) bond motifs is 2. The van der Waals surface area contributed by atoms with Gasteiger partial charge >= 0.3 is 0 Å². The minimum Gasteiger partial charge on any atom is -0.336 e. The number of H-pyrrole nitrogens is 1. The van der Waals surface area contributed by atoms with E-state index in [0.717, 1.165) is 59.6 Å². The van der Waals surface area contributed by atoms with Gasteiger partial charge in [0.25, 0.3) is 0 Å². The van der Waals surface area contributed by atoms with Gasteiger partial charge in [0, 0.05) is 48.4 Å². The number of anilines is 1. The molecule has 0 saturated heterocycles. The number of hydrogen-bond donors (Lipinski definition) is 1. The van der Waals surface area contributed by atoms with Crippen LogP contribution in [0, 0.1) is 0 Å². The lowest BCUT2D eigenvalue weighted by atomic mass is 9.97. The lowest BCUT2D eigenvalue weighted by Crippen LogP contribution is -2.31. The Morgan fingerprint density at radius 2 is 1.76 bits per heavy atom. The number of nitrogens with one attached hydrogen (secondary N) is 1. The number of hydrogen-bond acceptors (Lipinski definition) is 5. The van der Waals surface area contributed by atoms with Gasteiger partial charge in [0.15, 0.2) is 0 Å². The molecule has 38 heavy (non-hydrogen) atoms. The molecular weight excluding hydrogens is 494 g/mol. The zero-order chi connectivity index (χ0) is 25.8. The van der Waals surface area contributed by atoms with Crippen LogP contribution in [-0.2, 0) is 25.8 Å². The third-order valence-electron chi connectivity index (χ3n) is 8.02. The summed E-state index contributed by atoms with van der Waals surface area (Å²) in [6, 6.07) is 10.7. The van der Waals surface area contributed by atoms with E-state index in [1.54, 1.807) is 0 Å². The second kappa shape index (κ2) is 9.24. The van der Waals surface area contributed by atoms with Crippen molar-refractivity contribution in [3.05, 3.63) is 81.9 Å². The summed E-state index contributed by atoms with van der Waals surface area (Å²) in [7, 11) is 0.